The molecular formula is C6H10N4O3. The molecule has 0 aliphatic rings. The number of amides is 1. The first kappa shape index (κ1) is 11.2. The highest BCUT2D eigenvalue weighted by Crippen LogP contribution is 2.01. The Morgan fingerprint density at radius 3 is 2.92 bits per heavy atom. The van der Waals surface area contributed by atoms with E-state index in [4.69, 9.17) is 10.6 Å². The minimum atomic E-state index is -1.15. The predicted molar refractivity (Wildman–Crippen MR) is 43.9 cm³/mol. The molecule has 13 heavy (non-hydrogen) atoms. The number of carboxylic acid groups (broad SMARTS) is 1. The van der Waals surface area contributed by atoms with E-state index in [1.165, 1.54) is 0 Å². The zero-order valence-corrected chi connectivity index (χ0v) is 6.88. The maximum absolute atomic E-state index is 10.4. The molecule has 0 bridgehead atoms. The summed E-state index contributed by atoms with van der Waals surface area (Å²) in [7, 11) is 0. The van der Waals surface area contributed by atoms with Crippen LogP contribution in [0.3, 0.4) is 0 Å². The molecule has 0 aromatic heterocycles. The van der Waals surface area contributed by atoms with Crippen LogP contribution < -0.4 is 5.32 Å². The second-order valence-electron chi connectivity index (χ2n) is 2.27. The molecule has 1 atom stereocenters. The molecule has 0 fully saturated rings. The molecule has 72 valence electrons. The highest BCUT2D eigenvalue weighted by Gasteiger charge is 2.13. The Hall–Kier alpha value is -1.75. The largest absolute Gasteiger partial charge is 0.481 e. The van der Waals surface area contributed by atoms with E-state index in [2.05, 4.69) is 15.3 Å². The van der Waals surface area contributed by atoms with Crippen molar-refractivity contribution in [2.45, 2.75) is 18.9 Å². The van der Waals surface area contributed by atoms with E-state index >= 15 is 0 Å². The fraction of sp³-hybridized carbons (Fsp3) is 0.667. The molecule has 0 aromatic carbocycles. The minimum Gasteiger partial charge on any atom is -0.481 e. The van der Waals surface area contributed by atoms with Crippen molar-refractivity contribution in [3.63, 3.8) is 0 Å². The molecular weight excluding hydrogens is 176 g/mol. The van der Waals surface area contributed by atoms with Crippen molar-refractivity contribution in [3.8, 4) is 0 Å². The zero-order chi connectivity index (χ0) is 10.1. The maximum atomic E-state index is 10.4. The van der Waals surface area contributed by atoms with Crippen LogP contribution in [-0.4, -0.2) is 30.1 Å². The number of carbonyl (C=O) groups excluding carboxylic acids is 1. The van der Waals surface area contributed by atoms with Crippen molar-refractivity contribution in [2.24, 2.45) is 5.11 Å². The Morgan fingerprint density at radius 1 is 1.77 bits per heavy atom. The fourth-order valence-corrected chi connectivity index (χ4v) is 0.749. The zero-order valence-electron chi connectivity index (χ0n) is 6.88. The van der Waals surface area contributed by atoms with Crippen molar-refractivity contribution in [1.29, 1.82) is 0 Å². The number of nitrogens with one attached hydrogen (secondary N) is 1. The molecule has 0 aliphatic heterocycles. The second kappa shape index (κ2) is 6.93. The number of hydrogen-bond acceptors (Lipinski definition) is 3. The summed E-state index contributed by atoms with van der Waals surface area (Å²) in [5, 5.41) is 14.0. The number of carboxylic acids is 1. The van der Waals surface area contributed by atoms with Crippen LogP contribution in [0.4, 0.5) is 0 Å². The van der Waals surface area contributed by atoms with Gasteiger partial charge in [0.05, 0.1) is 0 Å². The third-order valence-corrected chi connectivity index (χ3v) is 1.36. The molecule has 7 heteroatoms. The monoisotopic (exact) mass is 186 g/mol. The highest BCUT2D eigenvalue weighted by molar-refractivity contribution is 5.73. The van der Waals surface area contributed by atoms with Crippen LogP contribution in [0.25, 0.3) is 10.4 Å². The van der Waals surface area contributed by atoms with Crippen LogP contribution in [0.5, 0.6) is 0 Å². The summed E-state index contributed by atoms with van der Waals surface area (Å²) in [6.45, 7) is 0.383. The summed E-state index contributed by atoms with van der Waals surface area (Å²) in [5.41, 5.74) is 8.01. The lowest BCUT2D eigenvalue weighted by atomic mass is 10.2. The first-order chi connectivity index (χ1) is 6.22. The normalized spacial score (nSPS) is 11.1. The average molecular weight is 186 g/mol. The standard InChI is InChI=1S/C6H10N4O3/c7-10-9-5(6(12)13)2-1-3-8-4-11/h4-5H,1-3H2,(H,8,11)(H,12,13)/t5-/m0/s1. The molecule has 2 N–H and O–H groups in total. The summed E-state index contributed by atoms with van der Waals surface area (Å²) < 4.78 is 0. The molecule has 0 spiro atoms. The molecule has 0 radical (unpaired) electrons. The van der Waals surface area contributed by atoms with Gasteiger partial charge in [-0.15, -0.1) is 0 Å². The fourth-order valence-electron chi connectivity index (χ4n) is 0.749. The van der Waals surface area contributed by atoms with Gasteiger partial charge in [0.15, 0.2) is 0 Å². The lowest BCUT2D eigenvalue weighted by Gasteiger charge is -2.03. The van der Waals surface area contributed by atoms with Crippen LogP contribution in [0.2, 0.25) is 0 Å². The van der Waals surface area contributed by atoms with Crippen LogP contribution in [0.1, 0.15) is 12.8 Å². The summed E-state index contributed by atoms with van der Waals surface area (Å²) in [6.07, 6.45) is 1.22. The summed E-state index contributed by atoms with van der Waals surface area (Å²) in [5.74, 6) is -1.15. The lowest BCUT2D eigenvalue weighted by molar-refractivity contribution is -0.138. The van der Waals surface area contributed by atoms with Gasteiger partial charge in [0.1, 0.15) is 6.04 Å². The van der Waals surface area contributed by atoms with Gasteiger partial charge in [-0.3, -0.25) is 9.59 Å². The molecule has 0 aromatic rings. The summed E-state index contributed by atoms with van der Waals surface area (Å²) in [4.78, 5) is 22.6. The van der Waals surface area contributed by atoms with Gasteiger partial charge >= 0.3 is 5.97 Å². The molecule has 0 aliphatic carbocycles. The van der Waals surface area contributed by atoms with Gasteiger partial charge in [-0.25, -0.2) is 0 Å². The quantitative estimate of drug-likeness (QED) is 0.195. The Kier molecular flexibility index (Phi) is 6.00. The van der Waals surface area contributed by atoms with E-state index in [0.717, 1.165) is 0 Å². The highest BCUT2D eigenvalue weighted by atomic mass is 16.4. The Balaban J connectivity index is 3.76. The number of hydrogen-bond donors (Lipinski definition) is 2. The molecule has 0 saturated heterocycles. The van der Waals surface area contributed by atoms with Crippen LogP contribution >= 0.6 is 0 Å². The molecule has 0 heterocycles. The maximum Gasteiger partial charge on any atom is 0.312 e. The third kappa shape index (κ3) is 5.51. The van der Waals surface area contributed by atoms with Gasteiger partial charge in [0.2, 0.25) is 6.41 Å². The molecule has 7 nitrogen and oxygen atoms in total. The topological polar surface area (TPSA) is 115 Å². The van der Waals surface area contributed by atoms with Crippen molar-refractivity contribution < 1.29 is 14.7 Å². The summed E-state index contributed by atoms with van der Waals surface area (Å²) >= 11 is 0. The Morgan fingerprint density at radius 2 is 2.46 bits per heavy atom. The number of carbonyl (C=O) groups is 2. The van der Waals surface area contributed by atoms with E-state index < -0.39 is 12.0 Å². The molecule has 0 saturated carbocycles. The van der Waals surface area contributed by atoms with Gasteiger partial charge in [-0.05, 0) is 18.4 Å². The van der Waals surface area contributed by atoms with Gasteiger partial charge in [-0.2, -0.15) is 0 Å². The van der Waals surface area contributed by atoms with Crippen molar-refractivity contribution in [1.82, 2.24) is 5.32 Å². The SMILES string of the molecule is [N-]=[N+]=N[C@@H](CCCNC=O)C(=O)O. The number of aliphatic carboxylic acids is 1. The second-order valence-corrected chi connectivity index (χ2v) is 2.27. The Bertz CT molecular complexity index is 222. The van der Waals surface area contributed by atoms with Crippen molar-refractivity contribution in [3.05, 3.63) is 10.4 Å². The third-order valence-electron chi connectivity index (χ3n) is 1.36. The number of nitrogens with zero attached hydrogens (tertiary/aromatic N) is 3. The van der Waals surface area contributed by atoms with E-state index in [1.807, 2.05) is 0 Å². The van der Waals surface area contributed by atoms with Crippen LogP contribution in [0, 0.1) is 0 Å². The first-order valence-electron chi connectivity index (χ1n) is 3.66. The lowest BCUT2D eigenvalue weighted by Crippen LogP contribution is -2.20. The smallest absolute Gasteiger partial charge is 0.312 e. The van der Waals surface area contributed by atoms with Gasteiger partial charge in [-0.1, -0.05) is 5.11 Å². The first-order valence-corrected chi connectivity index (χ1v) is 3.66. The summed E-state index contributed by atoms with van der Waals surface area (Å²) in [6, 6.07) is -1.04. The molecule has 0 unspecified atom stereocenters. The van der Waals surface area contributed by atoms with E-state index in [1.54, 1.807) is 0 Å². The van der Waals surface area contributed by atoms with E-state index in [0.29, 0.717) is 19.4 Å². The van der Waals surface area contributed by atoms with Crippen LogP contribution in [0.15, 0.2) is 5.11 Å². The molecule has 1 amide bonds. The van der Waals surface area contributed by atoms with Crippen LogP contribution in [-0.2, 0) is 9.59 Å². The minimum absolute atomic E-state index is 0.222. The molecule has 0 rings (SSSR count). The van der Waals surface area contributed by atoms with E-state index in [9.17, 15) is 9.59 Å². The number of rotatable bonds is 7. The van der Waals surface area contributed by atoms with Crippen molar-refractivity contribution >= 4 is 12.4 Å². The van der Waals surface area contributed by atoms with Gasteiger partial charge in [0.25, 0.3) is 0 Å². The number of azide groups is 1. The van der Waals surface area contributed by atoms with Crippen molar-refractivity contribution in [2.75, 3.05) is 6.54 Å². The Labute approximate surface area is 74.4 Å². The van der Waals surface area contributed by atoms with Gasteiger partial charge < -0.3 is 10.4 Å². The predicted octanol–water partition coefficient (Wildman–Crippen LogP) is 0.276. The van der Waals surface area contributed by atoms with Gasteiger partial charge in [0, 0.05) is 11.5 Å². The average Bonchev–Trinajstić information content (AvgIpc) is 2.10. The van der Waals surface area contributed by atoms with E-state index in [-0.39, 0.29) is 6.42 Å².